The summed E-state index contributed by atoms with van der Waals surface area (Å²) in [6, 6.07) is 14.0. The average Bonchev–Trinajstić information content (AvgIpc) is 3.28. The van der Waals surface area contributed by atoms with Crippen molar-refractivity contribution in [2.75, 3.05) is 32.6 Å². The number of aromatic nitrogens is 1. The van der Waals surface area contributed by atoms with Gasteiger partial charge < -0.3 is 14.1 Å². The minimum absolute atomic E-state index is 0.211. The number of fused-ring (bicyclic) bond motifs is 1. The first kappa shape index (κ1) is 22.2. The van der Waals surface area contributed by atoms with E-state index in [4.69, 9.17) is 9.15 Å². The normalized spacial score (nSPS) is 14.5. The number of carbonyl (C=O) groups is 1. The van der Waals surface area contributed by atoms with E-state index < -0.39 is 15.7 Å². The molecule has 3 heterocycles. The number of nitrogens with zero attached hydrogens (tertiary/aromatic N) is 2. The molecule has 0 spiro atoms. The monoisotopic (exact) mass is 480 g/mol. The molecule has 0 aliphatic carbocycles. The fourth-order valence-electron chi connectivity index (χ4n) is 3.99. The highest BCUT2D eigenvalue weighted by molar-refractivity contribution is 7.90. The molecule has 0 radical (unpaired) electrons. The Bertz CT molecular complexity index is 1490. The molecule has 1 saturated heterocycles. The Balaban J connectivity index is 1.54. The number of hydrogen-bond acceptors (Lipinski definition) is 6. The first-order valence-corrected chi connectivity index (χ1v) is 12.6. The molecule has 5 rings (SSSR count). The standard InChI is InChI=1S/C25H21FN2O5S/c1-34(30,31)20-4-2-16(3-5-20)23-15-22-24(33-23)21(6-7-27-22)17-12-18(14-19(26)13-17)25(29)28-8-10-32-11-9-28/h2-7,12-15H,8-11H2,1H3. The van der Waals surface area contributed by atoms with Crippen molar-refractivity contribution in [2.45, 2.75) is 4.90 Å². The Morgan fingerprint density at radius 3 is 2.44 bits per heavy atom. The van der Waals surface area contributed by atoms with E-state index >= 15 is 0 Å². The smallest absolute Gasteiger partial charge is 0.254 e. The maximum Gasteiger partial charge on any atom is 0.254 e. The number of halogens is 1. The first-order chi connectivity index (χ1) is 16.3. The van der Waals surface area contributed by atoms with E-state index in [2.05, 4.69) is 4.98 Å². The van der Waals surface area contributed by atoms with E-state index in [1.54, 1.807) is 41.4 Å². The second-order valence-corrected chi connectivity index (χ2v) is 10.1. The van der Waals surface area contributed by atoms with Gasteiger partial charge in [0.25, 0.3) is 5.91 Å². The zero-order valence-corrected chi connectivity index (χ0v) is 19.1. The minimum atomic E-state index is -3.31. The maximum atomic E-state index is 14.6. The van der Waals surface area contributed by atoms with Gasteiger partial charge in [-0.25, -0.2) is 12.8 Å². The van der Waals surface area contributed by atoms with Crippen LogP contribution in [0.4, 0.5) is 4.39 Å². The topological polar surface area (TPSA) is 89.7 Å². The lowest BCUT2D eigenvalue weighted by molar-refractivity contribution is 0.0302. The summed E-state index contributed by atoms with van der Waals surface area (Å²) in [5.41, 5.74) is 3.03. The summed E-state index contributed by atoms with van der Waals surface area (Å²) in [7, 11) is -3.31. The molecule has 2 aromatic carbocycles. The number of amides is 1. The SMILES string of the molecule is CS(=O)(=O)c1ccc(-c2cc3nccc(-c4cc(F)cc(C(=O)N5CCOCC5)c4)c3o2)cc1. The Kier molecular flexibility index (Phi) is 5.66. The predicted octanol–water partition coefficient (Wildman–Crippen LogP) is 4.18. The third-order valence-corrected chi connectivity index (χ3v) is 6.86. The van der Waals surface area contributed by atoms with Crippen molar-refractivity contribution in [2.24, 2.45) is 0 Å². The van der Waals surface area contributed by atoms with Crippen LogP contribution >= 0.6 is 0 Å². The highest BCUT2D eigenvalue weighted by Gasteiger charge is 2.21. The molecule has 2 aromatic heterocycles. The van der Waals surface area contributed by atoms with E-state index in [1.807, 2.05) is 0 Å². The molecular formula is C25H21FN2O5S. The fraction of sp³-hybridized carbons (Fsp3) is 0.200. The van der Waals surface area contributed by atoms with Crippen LogP contribution in [0.15, 0.2) is 70.1 Å². The zero-order chi connectivity index (χ0) is 23.9. The molecule has 9 heteroatoms. The van der Waals surface area contributed by atoms with Crippen molar-refractivity contribution in [3.63, 3.8) is 0 Å². The van der Waals surface area contributed by atoms with Crippen LogP contribution in [0.25, 0.3) is 33.6 Å². The van der Waals surface area contributed by atoms with Crippen molar-refractivity contribution in [1.82, 2.24) is 9.88 Å². The van der Waals surface area contributed by atoms with Crippen LogP contribution in [0.2, 0.25) is 0 Å². The number of carbonyl (C=O) groups excluding carboxylic acids is 1. The molecule has 1 amide bonds. The van der Waals surface area contributed by atoms with Gasteiger partial charge in [-0.2, -0.15) is 0 Å². The van der Waals surface area contributed by atoms with E-state index in [0.29, 0.717) is 59.9 Å². The summed E-state index contributed by atoms with van der Waals surface area (Å²) in [5, 5.41) is 0. The number of benzene rings is 2. The van der Waals surface area contributed by atoms with Crippen molar-refractivity contribution in [1.29, 1.82) is 0 Å². The number of hydrogen-bond donors (Lipinski definition) is 0. The molecule has 0 N–H and O–H groups in total. The van der Waals surface area contributed by atoms with Crippen LogP contribution in [0, 0.1) is 5.82 Å². The lowest BCUT2D eigenvalue weighted by Gasteiger charge is -2.27. The molecule has 0 unspecified atom stereocenters. The van der Waals surface area contributed by atoms with Crippen molar-refractivity contribution >= 4 is 26.8 Å². The van der Waals surface area contributed by atoms with Crippen molar-refractivity contribution < 1.29 is 26.8 Å². The zero-order valence-electron chi connectivity index (χ0n) is 18.3. The molecule has 7 nitrogen and oxygen atoms in total. The number of furan rings is 1. The van der Waals surface area contributed by atoms with Gasteiger partial charge in [0.05, 0.1) is 18.1 Å². The summed E-state index contributed by atoms with van der Waals surface area (Å²) in [6.45, 7) is 1.84. The number of ether oxygens (including phenoxy) is 1. The molecule has 1 fully saturated rings. The van der Waals surface area contributed by atoms with E-state index in [1.165, 1.54) is 24.3 Å². The summed E-state index contributed by atoms with van der Waals surface area (Å²) < 4.78 is 49.4. The van der Waals surface area contributed by atoms with Crippen LogP contribution in [0.3, 0.4) is 0 Å². The van der Waals surface area contributed by atoms with E-state index in [0.717, 1.165) is 6.26 Å². The van der Waals surface area contributed by atoms with Crippen molar-refractivity contribution in [3.8, 4) is 22.5 Å². The quantitative estimate of drug-likeness (QED) is 0.435. The molecular weight excluding hydrogens is 459 g/mol. The highest BCUT2D eigenvalue weighted by Crippen LogP contribution is 2.34. The first-order valence-electron chi connectivity index (χ1n) is 10.7. The second-order valence-electron chi connectivity index (χ2n) is 8.11. The molecule has 34 heavy (non-hydrogen) atoms. The molecule has 0 bridgehead atoms. The van der Waals surface area contributed by atoms with Gasteiger partial charge in [-0.05, 0) is 54.1 Å². The predicted molar refractivity (Wildman–Crippen MR) is 125 cm³/mol. The van der Waals surface area contributed by atoms with Gasteiger partial charge in [-0.3, -0.25) is 9.78 Å². The van der Waals surface area contributed by atoms with Gasteiger partial charge in [0.2, 0.25) is 0 Å². The summed E-state index contributed by atoms with van der Waals surface area (Å²) in [5.74, 6) is -0.279. The Labute approximate surface area is 195 Å². The number of sulfone groups is 1. The molecule has 0 atom stereocenters. The summed E-state index contributed by atoms with van der Waals surface area (Å²) in [6.07, 6.45) is 2.74. The molecule has 1 aliphatic heterocycles. The number of pyridine rings is 1. The van der Waals surface area contributed by atoms with E-state index in [9.17, 15) is 17.6 Å². The van der Waals surface area contributed by atoms with Crippen LogP contribution in [-0.2, 0) is 14.6 Å². The number of rotatable bonds is 4. The third-order valence-electron chi connectivity index (χ3n) is 5.73. The Morgan fingerprint density at radius 2 is 1.74 bits per heavy atom. The molecule has 4 aromatic rings. The lowest BCUT2D eigenvalue weighted by Crippen LogP contribution is -2.40. The van der Waals surface area contributed by atoms with Gasteiger partial charge in [-0.15, -0.1) is 0 Å². The highest BCUT2D eigenvalue weighted by atomic mass is 32.2. The van der Waals surface area contributed by atoms with E-state index in [-0.39, 0.29) is 16.4 Å². The van der Waals surface area contributed by atoms with Crippen LogP contribution in [-0.4, -0.2) is 56.8 Å². The largest absolute Gasteiger partial charge is 0.454 e. The maximum absolute atomic E-state index is 14.6. The fourth-order valence-corrected chi connectivity index (χ4v) is 4.62. The molecule has 0 saturated carbocycles. The summed E-state index contributed by atoms with van der Waals surface area (Å²) in [4.78, 5) is 19.1. The third kappa shape index (κ3) is 4.32. The Morgan fingerprint density at radius 1 is 1.00 bits per heavy atom. The van der Waals surface area contributed by atoms with Gasteiger partial charge in [0.1, 0.15) is 17.1 Å². The second kappa shape index (κ2) is 8.66. The molecule has 1 aliphatic rings. The van der Waals surface area contributed by atoms with Crippen molar-refractivity contribution in [3.05, 3.63) is 72.2 Å². The number of morpholine rings is 1. The Hall–Kier alpha value is -3.56. The molecule has 174 valence electrons. The van der Waals surface area contributed by atoms with Gasteiger partial charge in [-0.1, -0.05) is 0 Å². The van der Waals surface area contributed by atoms with Crippen LogP contribution in [0.5, 0.6) is 0 Å². The average molecular weight is 481 g/mol. The summed E-state index contributed by atoms with van der Waals surface area (Å²) >= 11 is 0. The van der Waals surface area contributed by atoms with Gasteiger partial charge in [0.15, 0.2) is 15.4 Å². The lowest BCUT2D eigenvalue weighted by atomic mass is 10.0. The van der Waals surface area contributed by atoms with Crippen LogP contribution in [0.1, 0.15) is 10.4 Å². The van der Waals surface area contributed by atoms with Gasteiger partial charge >= 0.3 is 0 Å². The van der Waals surface area contributed by atoms with Gasteiger partial charge in [0, 0.05) is 48.3 Å². The minimum Gasteiger partial charge on any atom is -0.454 e. The van der Waals surface area contributed by atoms with Crippen LogP contribution < -0.4 is 0 Å².